The van der Waals surface area contributed by atoms with Crippen molar-refractivity contribution in [1.82, 2.24) is 0 Å². The summed E-state index contributed by atoms with van der Waals surface area (Å²) in [4.78, 5) is 22.8. The fourth-order valence-electron chi connectivity index (χ4n) is 1.35. The van der Waals surface area contributed by atoms with Crippen LogP contribution in [-0.2, 0) is 9.59 Å². The standard InChI is InChI=1S/C11H9AsFNO2/c1-7(15)12(8(2)16)11-4-3-10(13)5-9(11)6-14/h3-5H,1-2H3. The second-order valence-electron chi connectivity index (χ2n) is 3.15. The summed E-state index contributed by atoms with van der Waals surface area (Å²) in [5, 5.41) is 8.84. The van der Waals surface area contributed by atoms with E-state index in [9.17, 15) is 14.0 Å². The SMILES string of the molecule is CC(=O)[As](C(C)=O)c1ccc(F)cc1C#N. The fourth-order valence-corrected chi connectivity index (χ4v) is 4.92. The Kier molecular flexibility index (Phi) is 3.98. The summed E-state index contributed by atoms with van der Waals surface area (Å²) in [6.07, 6.45) is 0. The zero-order valence-electron chi connectivity index (χ0n) is 8.82. The Balaban J connectivity index is 3.36. The van der Waals surface area contributed by atoms with Crippen molar-refractivity contribution in [3.8, 4) is 6.07 Å². The van der Waals surface area contributed by atoms with Gasteiger partial charge < -0.3 is 0 Å². The second-order valence-corrected chi connectivity index (χ2v) is 8.21. The third-order valence-electron chi connectivity index (χ3n) is 1.95. The summed E-state index contributed by atoms with van der Waals surface area (Å²) < 4.78 is 12.9. The summed E-state index contributed by atoms with van der Waals surface area (Å²) in [5.74, 6) is -0.540. The van der Waals surface area contributed by atoms with Gasteiger partial charge in [0.05, 0.1) is 0 Å². The Hall–Kier alpha value is -1.46. The number of carbonyl (C=O) groups excluding carboxylic acids is 2. The summed E-state index contributed by atoms with van der Waals surface area (Å²) in [6, 6.07) is 5.42. The molecule has 0 aliphatic rings. The first-order valence-electron chi connectivity index (χ1n) is 4.48. The van der Waals surface area contributed by atoms with E-state index in [1.807, 2.05) is 6.07 Å². The Morgan fingerprint density at radius 2 is 1.88 bits per heavy atom. The Bertz CT molecular complexity index is 479. The molecule has 0 heterocycles. The van der Waals surface area contributed by atoms with Gasteiger partial charge in [-0.25, -0.2) is 0 Å². The molecule has 16 heavy (non-hydrogen) atoms. The average molecular weight is 281 g/mol. The van der Waals surface area contributed by atoms with Gasteiger partial charge in [-0.3, -0.25) is 0 Å². The van der Waals surface area contributed by atoms with Crippen LogP contribution in [-0.4, -0.2) is 23.8 Å². The van der Waals surface area contributed by atoms with Crippen LogP contribution in [0.2, 0.25) is 0 Å². The van der Waals surface area contributed by atoms with Crippen LogP contribution in [0.1, 0.15) is 19.4 Å². The molecule has 0 fully saturated rings. The van der Waals surface area contributed by atoms with Gasteiger partial charge in [0.15, 0.2) is 0 Å². The molecule has 0 aromatic heterocycles. The van der Waals surface area contributed by atoms with Gasteiger partial charge in [0.1, 0.15) is 0 Å². The van der Waals surface area contributed by atoms with E-state index in [0.717, 1.165) is 6.07 Å². The normalized spacial score (nSPS) is 9.94. The molecule has 0 radical (unpaired) electrons. The maximum absolute atomic E-state index is 12.9. The molecule has 0 saturated carbocycles. The van der Waals surface area contributed by atoms with Crippen molar-refractivity contribution >= 4 is 28.1 Å². The molecule has 0 spiro atoms. The first-order valence-corrected chi connectivity index (χ1v) is 7.29. The fraction of sp³-hybridized carbons (Fsp3) is 0.182. The van der Waals surface area contributed by atoms with E-state index in [-0.39, 0.29) is 14.7 Å². The van der Waals surface area contributed by atoms with Gasteiger partial charge in [0.2, 0.25) is 0 Å². The van der Waals surface area contributed by atoms with Crippen molar-refractivity contribution < 1.29 is 14.0 Å². The molecule has 0 saturated heterocycles. The summed E-state index contributed by atoms with van der Waals surface area (Å²) in [6.45, 7) is 2.68. The van der Waals surface area contributed by atoms with Crippen LogP contribution in [0.4, 0.5) is 4.39 Å². The Morgan fingerprint density at radius 1 is 1.31 bits per heavy atom. The molecule has 0 atom stereocenters. The summed E-state index contributed by atoms with van der Waals surface area (Å²) in [5.41, 5.74) is 0.0883. The van der Waals surface area contributed by atoms with Gasteiger partial charge in [0.25, 0.3) is 0 Å². The third kappa shape index (κ3) is 2.56. The molecule has 0 aliphatic carbocycles. The quantitative estimate of drug-likeness (QED) is 0.765. The van der Waals surface area contributed by atoms with Gasteiger partial charge in [-0.05, 0) is 0 Å². The van der Waals surface area contributed by atoms with Gasteiger partial charge in [-0.15, -0.1) is 0 Å². The average Bonchev–Trinajstić information content (AvgIpc) is 2.19. The van der Waals surface area contributed by atoms with Gasteiger partial charge in [-0.1, -0.05) is 0 Å². The van der Waals surface area contributed by atoms with E-state index in [1.165, 1.54) is 26.0 Å². The van der Waals surface area contributed by atoms with Crippen molar-refractivity contribution in [2.24, 2.45) is 0 Å². The number of hydrogen-bond acceptors (Lipinski definition) is 3. The van der Waals surface area contributed by atoms with Gasteiger partial charge in [0, 0.05) is 0 Å². The van der Waals surface area contributed by atoms with Crippen molar-refractivity contribution in [3.63, 3.8) is 0 Å². The van der Waals surface area contributed by atoms with E-state index >= 15 is 0 Å². The minimum atomic E-state index is -2.56. The van der Waals surface area contributed by atoms with Crippen LogP contribution >= 0.6 is 0 Å². The van der Waals surface area contributed by atoms with E-state index in [2.05, 4.69) is 0 Å². The molecule has 0 N–H and O–H groups in total. The number of halogens is 1. The Morgan fingerprint density at radius 3 is 2.31 bits per heavy atom. The number of carbonyl (C=O) groups is 2. The van der Waals surface area contributed by atoms with Gasteiger partial charge in [-0.2, -0.15) is 0 Å². The predicted molar refractivity (Wildman–Crippen MR) is 57.9 cm³/mol. The maximum atomic E-state index is 12.9. The van der Waals surface area contributed by atoms with Crippen molar-refractivity contribution in [3.05, 3.63) is 29.6 Å². The number of nitrogens with zero attached hydrogens (tertiary/aromatic N) is 1. The molecule has 3 nitrogen and oxygen atoms in total. The molecule has 1 aromatic carbocycles. The summed E-state index contributed by atoms with van der Waals surface area (Å²) in [7, 11) is 0. The number of nitriles is 1. The molecule has 1 aromatic rings. The van der Waals surface area contributed by atoms with Crippen molar-refractivity contribution in [2.45, 2.75) is 13.8 Å². The summed E-state index contributed by atoms with van der Waals surface area (Å²) >= 11 is -2.56. The number of rotatable bonds is 3. The zero-order valence-corrected chi connectivity index (χ0v) is 10.7. The predicted octanol–water partition coefficient (Wildman–Crippen LogP) is 0.656. The molecule has 0 amide bonds. The molecule has 0 unspecified atom stereocenters. The van der Waals surface area contributed by atoms with Crippen molar-refractivity contribution in [1.29, 1.82) is 5.26 Å². The van der Waals surface area contributed by atoms with Crippen LogP contribution in [0, 0.1) is 17.1 Å². The van der Waals surface area contributed by atoms with Crippen LogP contribution in [0.25, 0.3) is 0 Å². The Labute approximate surface area is 97.1 Å². The van der Waals surface area contributed by atoms with Crippen LogP contribution in [0.3, 0.4) is 0 Å². The second kappa shape index (κ2) is 5.05. The molecular weight excluding hydrogens is 272 g/mol. The van der Waals surface area contributed by atoms with E-state index in [0.29, 0.717) is 4.35 Å². The van der Waals surface area contributed by atoms with E-state index < -0.39 is 20.5 Å². The molecule has 0 aliphatic heterocycles. The van der Waals surface area contributed by atoms with Crippen LogP contribution in [0.15, 0.2) is 18.2 Å². The van der Waals surface area contributed by atoms with Crippen LogP contribution in [0.5, 0.6) is 0 Å². The first kappa shape index (κ1) is 12.6. The topological polar surface area (TPSA) is 57.9 Å². The molecule has 1 rings (SSSR count). The molecular formula is C11H9AsFNO2. The van der Waals surface area contributed by atoms with Gasteiger partial charge >= 0.3 is 96.9 Å². The molecule has 5 heteroatoms. The van der Waals surface area contributed by atoms with E-state index in [1.54, 1.807) is 0 Å². The third-order valence-corrected chi connectivity index (χ3v) is 6.42. The number of benzene rings is 1. The van der Waals surface area contributed by atoms with Crippen LogP contribution < -0.4 is 4.35 Å². The van der Waals surface area contributed by atoms with E-state index in [4.69, 9.17) is 5.26 Å². The van der Waals surface area contributed by atoms with Crippen molar-refractivity contribution in [2.75, 3.05) is 0 Å². The monoisotopic (exact) mass is 281 g/mol. The minimum absolute atomic E-state index is 0.0883. The zero-order chi connectivity index (χ0) is 12.3. The number of hydrogen-bond donors (Lipinski definition) is 0. The molecule has 82 valence electrons. The molecule has 0 bridgehead atoms. The first-order chi connectivity index (χ1) is 7.47.